The Bertz CT molecular complexity index is 1040. The van der Waals surface area contributed by atoms with Crippen molar-refractivity contribution in [3.8, 4) is 22.6 Å². The average molecular weight is 407 g/mol. The van der Waals surface area contributed by atoms with Gasteiger partial charge >= 0.3 is 0 Å². The molecule has 1 saturated heterocycles. The van der Waals surface area contributed by atoms with E-state index in [9.17, 15) is 9.90 Å². The van der Waals surface area contributed by atoms with Gasteiger partial charge < -0.3 is 19.9 Å². The number of nitrogens with zero attached hydrogens (tertiary/aromatic N) is 2. The number of piperazine rings is 1. The minimum absolute atomic E-state index is 0.0111. The third-order valence-electron chi connectivity index (χ3n) is 5.16. The molecule has 1 aromatic heterocycles. The number of methoxy groups -OCH3 is 1. The standard InChI is InChI=1S/C23H25N3O4/c1-29-18-10-16(11-24-12-18)19-6-7-22(21-5-3-2-4-20(19)21)30-15-17(27)13-26-9-8-25-23(28)14-26/h2-7,10-12,17,27H,8-9,13-15H2,1H3,(H,25,28). The van der Waals surface area contributed by atoms with Gasteiger partial charge in [0.25, 0.3) is 0 Å². The molecule has 4 rings (SSSR count). The van der Waals surface area contributed by atoms with Crippen LogP contribution in [0, 0.1) is 0 Å². The zero-order chi connectivity index (χ0) is 20.9. The number of pyridine rings is 1. The summed E-state index contributed by atoms with van der Waals surface area (Å²) < 4.78 is 11.3. The molecule has 0 bridgehead atoms. The SMILES string of the molecule is COc1cncc(-c2ccc(OCC(O)CN3CCNC(=O)C3)c3ccccc23)c1. The fourth-order valence-electron chi connectivity index (χ4n) is 3.71. The van der Waals surface area contributed by atoms with Crippen molar-refractivity contribution in [3.63, 3.8) is 0 Å². The number of aliphatic hydroxyl groups excluding tert-OH is 1. The van der Waals surface area contributed by atoms with Crippen molar-refractivity contribution in [3.05, 3.63) is 54.9 Å². The first-order chi connectivity index (χ1) is 14.6. The molecule has 7 heteroatoms. The van der Waals surface area contributed by atoms with Crippen molar-refractivity contribution in [2.24, 2.45) is 0 Å². The summed E-state index contributed by atoms with van der Waals surface area (Å²) in [6.07, 6.45) is 2.80. The molecule has 7 nitrogen and oxygen atoms in total. The summed E-state index contributed by atoms with van der Waals surface area (Å²) >= 11 is 0. The number of aliphatic hydroxyl groups is 1. The third kappa shape index (κ3) is 4.53. The number of rotatable bonds is 7. The number of fused-ring (bicyclic) bond motifs is 1. The van der Waals surface area contributed by atoms with Crippen LogP contribution in [-0.4, -0.2) is 66.9 Å². The first-order valence-corrected chi connectivity index (χ1v) is 9.95. The van der Waals surface area contributed by atoms with Crippen molar-refractivity contribution in [1.82, 2.24) is 15.2 Å². The zero-order valence-electron chi connectivity index (χ0n) is 16.9. The van der Waals surface area contributed by atoms with Crippen molar-refractivity contribution < 1.29 is 19.4 Å². The highest BCUT2D eigenvalue weighted by atomic mass is 16.5. The van der Waals surface area contributed by atoms with Gasteiger partial charge in [-0.2, -0.15) is 0 Å². The van der Waals surface area contributed by atoms with E-state index in [0.717, 1.165) is 28.4 Å². The van der Waals surface area contributed by atoms with Gasteiger partial charge in [-0.15, -0.1) is 0 Å². The summed E-state index contributed by atoms with van der Waals surface area (Å²) in [6.45, 7) is 2.21. The quantitative estimate of drug-likeness (QED) is 0.624. The van der Waals surface area contributed by atoms with Gasteiger partial charge in [0.15, 0.2) is 0 Å². The monoisotopic (exact) mass is 407 g/mol. The van der Waals surface area contributed by atoms with Gasteiger partial charge in [0.05, 0.1) is 19.9 Å². The summed E-state index contributed by atoms with van der Waals surface area (Å²) in [6, 6.07) is 13.9. The second-order valence-corrected chi connectivity index (χ2v) is 7.32. The first-order valence-electron chi connectivity index (χ1n) is 9.95. The predicted molar refractivity (Wildman–Crippen MR) is 115 cm³/mol. The van der Waals surface area contributed by atoms with Gasteiger partial charge in [0, 0.05) is 36.8 Å². The van der Waals surface area contributed by atoms with E-state index < -0.39 is 6.10 Å². The number of nitrogens with one attached hydrogen (secondary N) is 1. The van der Waals surface area contributed by atoms with Crippen LogP contribution in [-0.2, 0) is 4.79 Å². The lowest BCUT2D eigenvalue weighted by molar-refractivity contribution is -0.124. The number of hydrogen-bond donors (Lipinski definition) is 2. The molecule has 0 saturated carbocycles. The van der Waals surface area contributed by atoms with Gasteiger partial charge in [0.2, 0.25) is 5.91 Å². The van der Waals surface area contributed by atoms with Crippen LogP contribution in [0.2, 0.25) is 0 Å². The molecule has 1 atom stereocenters. The van der Waals surface area contributed by atoms with Gasteiger partial charge in [-0.1, -0.05) is 24.3 Å². The molecule has 0 spiro atoms. The number of ether oxygens (including phenoxy) is 2. The van der Waals surface area contributed by atoms with Gasteiger partial charge in [-0.3, -0.25) is 14.7 Å². The highest BCUT2D eigenvalue weighted by Crippen LogP contribution is 2.35. The molecule has 2 N–H and O–H groups in total. The van der Waals surface area contributed by atoms with Gasteiger partial charge in [0.1, 0.15) is 24.2 Å². The van der Waals surface area contributed by atoms with E-state index in [4.69, 9.17) is 9.47 Å². The molecule has 1 unspecified atom stereocenters. The second kappa shape index (κ2) is 9.11. The maximum Gasteiger partial charge on any atom is 0.234 e. The van der Waals surface area contributed by atoms with E-state index in [-0.39, 0.29) is 12.5 Å². The average Bonchev–Trinajstić information content (AvgIpc) is 2.77. The predicted octanol–water partition coefficient (Wildman–Crippen LogP) is 2.08. The molecule has 1 fully saturated rings. The number of benzene rings is 2. The van der Waals surface area contributed by atoms with Crippen LogP contribution in [0.4, 0.5) is 0 Å². The maximum absolute atomic E-state index is 11.5. The van der Waals surface area contributed by atoms with Crippen molar-refractivity contribution in [2.75, 3.05) is 39.9 Å². The molecule has 1 amide bonds. The van der Waals surface area contributed by atoms with Crippen molar-refractivity contribution in [1.29, 1.82) is 0 Å². The fraction of sp³-hybridized carbons (Fsp3) is 0.304. The molecular weight excluding hydrogens is 382 g/mol. The van der Waals surface area contributed by atoms with E-state index in [1.165, 1.54) is 0 Å². The molecular formula is C23H25N3O4. The topological polar surface area (TPSA) is 83.9 Å². The molecule has 2 heterocycles. The number of aromatic nitrogens is 1. The number of amides is 1. The van der Waals surface area contributed by atoms with E-state index in [0.29, 0.717) is 31.1 Å². The Morgan fingerprint density at radius 1 is 1.20 bits per heavy atom. The summed E-state index contributed by atoms with van der Waals surface area (Å²) in [5.41, 5.74) is 1.99. The molecule has 0 aliphatic carbocycles. The van der Waals surface area contributed by atoms with Gasteiger partial charge in [-0.25, -0.2) is 0 Å². The number of carbonyl (C=O) groups excluding carboxylic acids is 1. The van der Waals surface area contributed by atoms with Crippen LogP contribution in [0.25, 0.3) is 21.9 Å². The Morgan fingerprint density at radius 3 is 2.83 bits per heavy atom. The Kier molecular flexibility index (Phi) is 6.11. The molecule has 30 heavy (non-hydrogen) atoms. The third-order valence-corrected chi connectivity index (χ3v) is 5.16. The normalized spacial score (nSPS) is 15.6. The fourth-order valence-corrected chi connectivity index (χ4v) is 3.71. The maximum atomic E-state index is 11.5. The van der Waals surface area contributed by atoms with E-state index >= 15 is 0 Å². The Balaban J connectivity index is 1.52. The Hall–Kier alpha value is -3.16. The number of β-amino-alcohol motifs (C(OH)–C–C–N with tert-alkyl or cyclic N) is 1. The van der Waals surface area contributed by atoms with Gasteiger partial charge in [-0.05, 0) is 29.1 Å². The smallest absolute Gasteiger partial charge is 0.234 e. The van der Waals surface area contributed by atoms with E-state index in [1.54, 1.807) is 13.3 Å². The molecule has 1 aliphatic heterocycles. The summed E-state index contributed by atoms with van der Waals surface area (Å²) in [4.78, 5) is 17.7. The van der Waals surface area contributed by atoms with Crippen LogP contribution in [0.3, 0.4) is 0 Å². The molecule has 156 valence electrons. The largest absolute Gasteiger partial charge is 0.495 e. The lowest BCUT2D eigenvalue weighted by Crippen LogP contribution is -2.50. The second-order valence-electron chi connectivity index (χ2n) is 7.32. The van der Waals surface area contributed by atoms with Crippen LogP contribution < -0.4 is 14.8 Å². The van der Waals surface area contributed by atoms with Crippen LogP contribution in [0.1, 0.15) is 0 Å². The Morgan fingerprint density at radius 2 is 2.03 bits per heavy atom. The molecule has 1 aliphatic rings. The minimum atomic E-state index is -0.683. The van der Waals surface area contributed by atoms with Crippen LogP contribution in [0.15, 0.2) is 54.9 Å². The van der Waals surface area contributed by atoms with Crippen molar-refractivity contribution >= 4 is 16.7 Å². The first kappa shape index (κ1) is 20.1. The molecule has 3 aromatic rings. The van der Waals surface area contributed by atoms with E-state index in [1.807, 2.05) is 53.6 Å². The zero-order valence-corrected chi connectivity index (χ0v) is 16.9. The number of hydrogen-bond acceptors (Lipinski definition) is 6. The van der Waals surface area contributed by atoms with Crippen LogP contribution in [0.5, 0.6) is 11.5 Å². The van der Waals surface area contributed by atoms with Crippen LogP contribution >= 0.6 is 0 Å². The highest BCUT2D eigenvalue weighted by molar-refractivity contribution is 6.00. The molecule has 0 radical (unpaired) electrons. The van der Waals surface area contributed by atoms with Crippen molar-refractivity contribution in [2.45, 2.75) is 6.10 Å². The highest BCUT2D eigenvalue weighted by Gasteiger charge is 2.19. The Labute approximate surface area is 175 Å². The molecule has 2 aromatic carbocycles. The summed E-state index contributed by atoms with van der Waals surface area (Å²) in [5.74, 6) is 1.40. The number of carbonyl (C=O) groups is 1. The lowest BCUT2D eigenvalue weighted by Gasteiger charge is -2.28. The summed E-state index contributed by atoms with van der Waals surface area (Å²) in [7, 11) is 1.62. The lowest BCUT2D eigenvalue weighted by atomic mass is 9.98. The summed E-state index contributed by atoms with van der Waals surface area (Å²) in [5, 5.41) is 15.2. The van der Waals surface area contributed by atoms with E-state index in [2.05, 4.69) is 10.3 Å². The minimum Gasteiger partial charge on any atom is -0.495 e.